The van der Waals surface area contributed by atoms with Crippen molar-refractivity contribution < 1.29 is 14.5 Å². The van der Waals surface area contributed by atoms with E-state index < -0.39 is 10.8 Å². The summed E-state index contributed by atoms with van der Waals surface area (Å²) >= 11 is 0. The zero-order valence-corrected chi connectivity index (χ0v) is 18.8. The maximum Gasteiger partial charge on any atom is 0.273 e. The smallest absolute Gasteiger partial charge is 0.273 e. The zero-order valence-electron chi connectivity index (χ0n) is 18.8. The molecule has 34 heavy (non-hydrogen) atoms. The number of benzene rings is 3. The average molecular weight is 458 g/mol. The normalized spacial score (nSPS) is 14.9. The summed E-state index contributed by atoms with van der Waals surface area (Å²) in [5, 5.41) is 14.6. The van der Waals surface area contributed by atoms with Crippen molar-refractivity contribution in [2.24, 2.45) is 5.92 Å². The predicted molar refractivity (Wildman–Crippen MR) is 130 cm³/mol. The molecule has 1 aliphatic rings. The molecule has 4 rings (SSSR count). The van der Waals surface area contributed by atoms with Crippen LogP contribution < -0.4 is 5.32 Å². The maximum absolute atomic E-state index is 13.7. The lowest BCUT2D eigenvalue weighted by molar-refractivity contribution is -0.385. The quantitative estimate of drug-likeness (QED) is 0.399. The largest absolute Gasteiger partial charge is 0.342 e. The van der Waals surface area contributed by atoms with Gasteiger partial charge in [0.05, 0.1) is 10.8 Å². The third kappa shape index (κ3) is 5.49. The Bertz CT molecular complexity index is 1140. The lowest BCUT2D eigenvalue weighted by Crippen LogP contribution is -2.42. The van der Waals surface area contributed by atoms with Crippen LogP contribution >= 0.6 is 0 Å². The van der Waals surface area contributed by atoms with Gasteiger partial charge >= 0.3 is 0 Å². The Labute approximate surface area is 198 Å². The predicted octanol–water partition coefficient (Wildman–Crippen LogP) is 4.99. The standard InChI is InChI=1S/C27H27N3O4/c31-25(28-22-11-5-2-6-12-22)19-20-15-17-29(18-16-20)27(32)26(21-9-3-1-4-10-21)23-13-7-8-14-24(23)30(33)34/h1-14,20,26H,15-19H2,(H,28,31). The lowest BCUT2D eigenvalue weighted by Gasteiger charge is -2.34. The highest BCUT2D eigenvalue weighted by atomic mass is 16.6. The molecule has 1 atom stereocenters. The first kappa shape index (κ1) is 23.2. The van der Waals surface area contributed by atoms with Gasteiger partial charge in [-0.25, -0.2) is 0 Å². The van der Waals surface area contributed by atoms with E-state index in [1.807, 2.05) is 60.7 Å². The highest BCUT2D eigenvalue weighted by molar-refractivity contribution is 5.91. The fourth-order valence-electron chi connectivity index (χ4n) is 4.53. The number of nitrogens with one attached hydrogen (secondary N) is 1. The van der Waals surface area contributed by atoms with Gasteiger partial charge in [0.15, 0.2) is 0 Å². The Balaban J connectivity index is 1.45. The Morgan fingerprint density at radius 2 is 1.50 bits per heavy atom. The van der Waals surface area contributed by atoms with Crippen molar-refractivity contribution in [2.75, 3.05) is 18.4 Å². The molecule has 7 nitrogen and oxygen atoms in total. The number of likely N-dealkylation sites (tertiary alicyclic amines) is 1. The number of para-hydroxylation sites is 2. The second kappa shape index (κ2) is 10.7. The van der Waals surface area contributed by atoms with Crippen LogP contribution in [0.25, 0.3) is 0 Å². The summed E-state index contributed by atoms with van der Waals surface area (Å²) in [6.07, 6.45) is 1.84. The van der Waals surface area contributed by atoms with Crippen LogP contribution in [0.4, 0.5) is 11.4 Å². The molecule has 1 N–H and O–H groups in total. The van der Waals surface area contributed by atoms with Gasteiger partial charge in [-0.2, -0.15) is 0 Å². The summed E-state index contributed by atoms with van der Waals surface area (Å²) in [6.45, 7) is 1.04. The van der Waals surface area contributed by atoms with Crippen LogP contribution in [0.5, 0.6) is 0 Å². The molecule has 7 heteroatoms. The van der Waals surface area contributed by atoms with E-state index in [0.29, 0.717) is 37.9 Å². The van der Waals surface area contributed by atoms with Crippen LogP contribution in [-0.2, 0) is 9.59 Å². The molecule has 0 aliphatic carbocycles. The van der Waals surface area contributed by atoms with Gasteiger partial charge in [0.2, 0.25) is 11.8 Å². The molecule has 174 valence electrons. The molecular formula is C27H27N3O4. The number of nitrogens with zero attached hydrogens (tertiary/aromatic N) is 2. The minimum absolute atomic E-state index is 0.0296. The Kier molecular flexibility index (Phi) is 7.32. The number of piperidine rings is 1. The number of nitro groups is 1. The van der Waals surface area contributed by atoms with E-state index in [1.165, 1.54) is 6.07 Å². The van der Waals surface area contributed by atoms with Crippen molar-refractivity contribution in [3.8, 4) is 0 Å². The van der Waals surface area contributed by atoms with Gasteiger partial charge < -0.3 is 10.2 Å². The number of amides is 2. The van der Waals surface area contributed by atoms with Gasteiger partial charge in [-0.05, 0) is 36.5 Å². The first-order valence-electron chi connectivity index (χ1n) is 11.4. The summed E-state index contributed by atoms with van der Waals surface area (Å²) in [4.78, 5) is 39.1. The van der Waals surface area contributed by atoms with Crippen LogP contribution in [0.3, 0.4) is 0 Å². The average Bonchev–Trinajstić information content (AvgIpc) is 2.86. The Morgan fingerprint density at radius 1 is 0.912 bits per heavy atom. The van der Waals surface area contributed by atoms with Crippen LogP contribution in [-0.4, -0.2) is 34.7 Å². The van der Waals surface area contributed by atoms with E-state index >= 15 is 0 Å². The first-order chi connectivity index (χ1) is 16.5. The van der Waals surface area contributed by atoms with Gasteiger partial charge in [0.1, 0.15) is 0 Å². The molecule has 1 aliphatic heterocycles. The third-order valence-corrected chi connectivity index (χ3v) is 6.28. The SMILES string of the molecule is O=C(CC1CCN(C(=O)C(c2ccccc2)c2ccccc2[N+](=O)[O-])CC1)Nc1ccccc1. The van der Waals surface area contributed by atoms with Crippen LogP contribution in [0.2, 0.25) is 0 Å². The number of anilines is 1. The molecule has 1 fully saturated rings. The summed E-state index contributed by atoms with van der Waals surface area (Å²) in [7, 11) is 0. The molecule has 1 saturated heterocycles. The fraction of sp³-hybridized carbons (Fsp3) is 0.259. The summed E-state index contributed by atoms with van der Waals surface area (Å²) in [5.41, 5.74) is 1.84. The molecule has 1 heterocycles. The molecule has 0 saturated carbocycles. The Morgan fingerprint density at radius 3 is 2.15 bits per heavy atom. The van der Waals surface area contributed by atoms with E-state index in [0.717, 1.165) is 11.3 Å². The molecular weight excluding hydrogens is 430 g/mol. The Hall–Kier alpha value is -4.00. The number of hydrogen-bond donors (Lipinski definition) is 1. The molecule has 3 aromatic rings. The van der Waals surface area contributed by atoms with Gasteiger partial charge in [-0.1, -0.05) is 66.7 Å². The van der Waals surface area contributed by atoms with Gasteiger partial charge in [0, 0.05) is 36.8 Å². The van der Waals surface area contributed by atoms with Crippen molar-refractivity contribution >= 4 is 23.2 Å². The monoisotopic (exact) mass is 457 g/mol. The highest BCUT2D eigenvalue weighted by Gasteiger charge is 2.34. The molecule has 3 aromatic carbocycles. The topological polar surface area (TPSA) is 92.5 Å². The molecule has 1 unspecified atom stereocenters. The van der Waals surface area contributed by atoms with Crippen molar-refractivity contribution in [3.63, 3.8) is 0 Å². The molecule has 0 bridgehead atoms. The minimum atomic E-state index is -0.749. The maximum atomic E-state index is 13.7. The summed E-state index contributed by atoms with van der Waals surface area (Å²) in [6, 6.07) is 25.0. The highest BCUT2D eigenvalue weighted by Crippen LogP contribution is 2.34. The van der Waals surface area contributed by atoms with E-state index in [9.17, 15) is 19.7 Å². The van der Waals surface area contributed by atoms with E-state index in [-0.39, 0.29) is 23.4 Å². The van der Waals surface area contributed by atoms with Crippen molar-refractivity contribution in [3.05, 3.63) is 106 Å². The number of hydrogen-bond acceptors (Lipinski definition) is 4. The van der Waals surface area contributed by atoms with Crippen molar-refractivity contribution in [1.29, 1.82) is 0 Å². The number of rotatable bonds is 7. The van der Waals surface area contributed by atoms with E-state index in [2.05, 4.69) is 5.32 Å². The number of carbonyl (C=O) groups excluding carboxylic acids is 2. The minimum Gasteiger partial charge on any atom is -0.342 e. The number of carbonyl (C=O) groups is 2. The molecule has 0 radical (unpaired) electrons. The van der Waals surface area contributed by atoms with Gasteiger partial charge in [0.25, 0.3) is 5.69 Å². The van der Waals surface area contributed by atoms with Crippen molar-refractivity contribution in [1.82, 2.24) is 4.90 Å². The van der Waals surface area contributed by atoms with Crippen LogP contribution in [0, 0.1) is 16.0 Å². The first-order valence-corrected chi connectivity index (χ1v) is 11.4. The zero-order chi connectivity index (χ0) is 23.9. The molecule has 0 aromatic heterocycles. The second-order valence-corrected chi connectivity index (χ2v) is 8.55. The summed E-state index contributed by atoms with van der Waals surface area (Å²) < 4.78 is 0. The van der Waals surface area contributed by atoms with Gasteiger partial charge in [-0.15, -0.1) is 0 Å². The second-order valence-electron chi connectivity index (χ2n) is 8.55. The lowest BCUT2D eigenvalue weighted by atomic mass is 9.87. The van der Waals surface area contributed by atoms with E-state index in [4.69, 9.17) is 0 Å². The summed E-state index contributed by atoms with van der Waals surface area (Å²) in [5.74, 6) is -0.736. The van der Waals surface area contributed by atoms with Crippen molar-refractivity contribution in [2.45, 2.75) is 25.2 Å². The molecule has 2 amide bonds. The van der Waals surface area contributed by atoms with E-state index in [1.54, 1.807) is 23.1 Å². The van der Waals surface area contributed by atoms with Gasteiger partial charge in [-0.3, -0.25) is 19.7 Å². The number of nitro benzene ring substituents is 1. The molecule has 0 spiro atoms. The fourth-order valence-corrected chi connectivity index (χ4v) is 4.53. The third-order valence-electron chi connectivity index (χ3n) is 6.28. The van der Waals surface area contributed by atoms with Crippen LogP contribution in [0.15, 0.2) is 84.9 Å². The van der Waals surface area contributed by atoms with Crippen LogP contribution in [0.1, 0.15) is 36.3 Å².